The third kappa shape index (κ3) is 4.38. The van der Waals surface area contributed by atoms with Crippen LogP contribution in [0.15, 0.2) is 72.4 Å². The van der Waals surface area contributed by atoms with E-state index in [9.17, 15) is 15.2 Å². The summed E-state index contributed by atoms with van der Waals surface area (Å²) in [5.41, 5.74) is 1.39. The van der Waals surface area contributed by atoms with Crippen molar-refractivity contribution in [3.8, 4) is 11.8 Å². The number of anilines is 1. The number of amides is 1. The lowest BCUT2D eigenvalue weighted by Crippen LogP contribution is -2.16. The fourth-order valence-corrected chi connectivity index (χ4v) is 2.87. The standard InChI is InChI=1S/C21H16ClN3O2/c22-16-5-1-4-14(10-16)12-24-13-15(11-23)21(27)25-19-8-2-7-18-17(19)6-3-9-20(18)26/h1-10,13,24,26H,12H2,(H,25,27)/b15-13-. The lowest BCUT2D eigenvalue weighted by atomic mass is 10.1. The number of nitriles is 1. The zero-order chi connectivity index (χ0) is 19.2. The van der Waals surface area contributed by atoms with Gasteiger partial charge in [0.1, 0.15) is 17.4 Å². The SMILES string of the molecule is N#C/C(=C/NCc1cccc(Cl)c1)C(=O)Nc1cccc2c(O)cccc12. The van der Waals surface area contributed by atoms with E-state index >= 15 is 0 Å². The molecule has 3 rings (SSSR count). The third-order valence-corrected chi connectivity index (χ3v) is 4.19. The molecule has 0 unspecified atom stereocenters. The normalized spacial score (nSPS) is 11.0. The average Bonchev–Trinajstić information content (AvgIpc) is 2.66. The minimum Gasteiger partial charge on any atom is -0.507 e. The Morgan fingerprint density at radius 3 is 2.63 bits per heavy atom. The summed E-state index contributed by atoms with van der Waals surface area (Å²) in [7, 11) is 0. The minimum atomic E-state index is -0.535. The summed E-state index contributed by atoms with van der Waals surface area (Å²) < 4.78 is 0. The molecule has 6 heteroatoms. The molecule has 3 N–H and O–H groups in total. The largest absolute Gasteiger partial charge is 0.507 e. The summed E-state index contributed by atoms with van der Waals surface area (Å²) in [6, 6.07) is 19.5. The third-order valence-electron chi connectivity index (χ3n) is 3.95. The lowest BCUT2D eigenvalue weighted by Gasteiger charge is -2.09. The summed E-state index contributed by atoms with van der Waals surface area (Å²) >= 11 is 5.94. The topological polar surface area (TPSA) is 85.2 Å². The van der Waals surface area contributed by atoms with E-state index in [4.69, 9.17) is 11.6 Å². The highest BCUT2D eigenvalue weighted by molar-refractivity contribution is 6.30. The van der Waals surface area contributed by atoms with Crippen molar-refractivity contribution in [3.63, 3.8) is 0 Å². The van der Waals surface area contributed by atoms with E-state index in [1.807, 2.05) is 18.2 Å². The van der Waals surface area contributed by atoms with E-state index in [-0.39, 0.29) is 11.3 Å². The van der Waals surface area contributed by atoms with Crippen molar-refractivity contribution in [3.05, 3.63) is 83.0 Å². The molecular weight excluding hydrogens is 362 g/mol. The van der Waals surface area contributed by atoms with Gasteiger partial charge in [0.25, 0.3) is 5.91 Å². The zero-order valence-electron chi connectivity index (χ0n) is 14.2. The predicted octanol–water partition coefficient (Wildman–Crippen LogP) is 4.33. The maximum absolute atomic E-state index is 12.4. The van der Waals surface area contributed by atoms with Gasteiger partial charge in [0.15, 0.2) is 0 Å². The second-order valence-corrected chi connectivity index (χ2v) is 6.25. The summed E-state index contributed by atoms with van der Waals surface area (Å²) in [5, 5.41) is 26.8. The van der Waals surface area contributed by atoms with Crippen molar-refractivity contribution in [1.29, 1.82) is 5.26 Å². The molecule has 0 heterocycles. The highest BCUT2D eigenvalue weighted by Crippen LogP contribution is 2.29. The first kappa shape index (κ1) is 18.3. The monoisotopic (exact) mass is 377 g/mol. The number of nitrogens with zero attached hydrogens (tertiary/aromatic N) is 1. The highest BCUT2D eigenvalue weighted by atomic mass is 35.5. The maximum Gasteiger partial charge on any atom is 0.267 e. The molecule has 3 aromatic rings. The van der Waals surface area contributed by atoms with Gasteiger partial charge in [0, 0.05) is 34.2 Å². The second kappa shape index (κ2) is 8.26. The summed E-state index contributed by atoms with van der Waals surface area (Å²) in [4.78, 5) is 12.4. The number of nitrogens with one attached hydrogen (secondary N) is 2. The number of halogens is 1. The van der Waals surface area contributed by atoms with Crippen molar-refractivity contribution in [2.45, 2.75) is 6.54 Å². The van der Waals surface area contributed by atoms with Gasteiger partial charge >= 0.3 is 0 Å². The highest BCUT2D eigenvalue weighted by Gasteiger charge is 2.12. The molecule has 0 aliphatic rings. The number of phenolic OH excluding ortho intramolecular Hbond substituents is 1. The minimum absolute atomic E-state index is 0.0609. The Morgan fingerprint density at radius 1 is 1.11 bits per heavy atom. The summed E-state index contributed by atoms with van der Waals surface area (Å²) in [6.45, 7) is 0.432. The Morgan fingerprint density at radius 2 is 1.85 bits per heavy atom. The Labute approximate surface area is 161 Å². The number of aromatic hydroxyl groups is 1. The van der Waals surface area contributed by atoms with E-state index in [0.29, 0.717) is 28.0 Å². The average molecular weight is 378 g/mol. The van der Waals surface area contributed by atoms with Crippen LogP contribution in [0.4, 0.5) is 5.69 Å². The number of phenols is 1. The van der Waals surface area contributed by atoms with Crippen molar-refractivity contribution in [2.75, 3.05) is 5.32 Å². The second-order valence-electron chi connectivity index (χ2n) is 5.81. The number of rotatable bonds is 5. The van der Waals surface area contributed by atoms with Gasteiger partial charge in [-0.25, -0.2) is 0 Å². The molecule has 27 heavy (non-hydrogen) atoms. The van der Waals surface area contributed by atoms with Gasteiger partial charge in [-0.2, -0.15) is 5.26 Å². The fraction of sp³-hybridized carbons (Fsp3) is 0.0476. The fourth-order valence-electron chi connectivity index (χ4n) is 2.66. The van der Waals surface area contributed by atoms with Crippen LogP contribution in [0.1, 0.15) is 5.56 Å². The molecule has 0 bridgehead atoms. The Bertz CT molecular complexity index is 1070. The van der Waals surface area contributed by atoms with Crippen molar-refractivity contribution in [1.82, 2.24) is 5.32 Å². The van der Waals surface area contributed by atoms with Crippen molar-refractivity contribution < 1.29 is 9.90 Å². The smallest absolute Gasteiger partial charge is 0.267 e. The number of benzene rings is 3. The molecule has 0 spiro atoms. The van der Waals surface area contributed by atoms with Crippen LogP contribution in [-0.4, -0.2) is 11.0 Å². The van der Waals surface area contributed by atoms with Crippen LogP contribution in [0, 0.1) is 11.3 Å². The van der Waals surface area contributed by atoms with Crippen LogP contribution in [0.5, 0.6) is 5.75 Å². The molecule has 0 fully saturated rings. The number of hydrogen-bond acceptors (Lipinski definition) is 4. The van der Waals surface area contributed by atoms with E-state index in [2.05, 4.69) is 10.6 Å². The van der Waals surface area contributed by atoms with Crippen LogP contribution in [0.2, 0.25) is 5.02 Å². The van der Waals surface area contributed by atoms with Crippen LogP contribution < -0.4 is 10.6 Å². The molecular formula is C21H16ClN3O2. The van der Waals surface area contributed by atoms with Gasteiger partial charge in [0.2, 0.25) is 0 Å². The molecule has 134 valence electrons. The first-order valence-electron chi connectivity index (χ1n) is 8.18. The summed E-state index contributed by atoms with van der Waals surface area (Å²) in [5.74, 6) is -0.408. The van der Waals surface area contributed by atoms with Crippen LogP contribution in [0.3, 0.4) is 0 Å². The Hall–Kier alpha value is -3.49. The molecule has 0 atom stereocenters. The quantitative estimate of drug-likeness (QED) is 0.456. The van der Waals surface area contributed by atoms with E-state index in [1.54, 1.807) is 48.5 Å². The molecule has 1 amide bonds. The number of hydrogen-bond donors (Lipinski definition) is 3. The number of fused-ring (bicyclic) bond motifs is 1. The number of carbonyl (C=O) groups is 1. The van der Waals surface area contributed by atoms with E-state index < -0.39 is 5.91 Å². The predicted molar refractivity (Wildman–Crippen MR) is 106 cm³/mol. The molecule has 0 aliphatic heterocycles. The van der Waals surface area contributed by atoms with Gasteiger partial charge in [-0.05, 0) is 29.8 Å². The first-order valence-corrected chi connectivity index (χ1v) is 8.56. The van der Waals surface area contributed by atoms with Gasteiger partial charge in [0.05, 0.1) is 0 Å². The molecule has 0 radical (unpaired) electrons. The number of carbonyl (C=O) groups excluding carboxylic acids is 1. The lowest BCUT2D eigenvalue weighted by molar-refractivity contribution is -0.112. The maximum atomic E-state index is 12.4. The molecule has 0 aliphatic carbocycles. The van der Waals surface area contributed by atoms with Crippen LogP contribution in [-0.2, 0) is 11.3 Å². The van der Waals surface area contributed by atoms with E-state index in [0.717, 1.165) is 5.56 Å². The van der Waals surface area contributed by atoms with Crippen LogP contribution >= 0.6 is 11.6 Å². The van der Waals surface area contributed by atoms with Gasteiger partial charge < -0.3 is 15.7 Å². The Balaban J connectivity index is 1.74. The van der Waals surface area contributed by atoms with Crippen molar-refractivity contribution >= 4 is 34.0 Å². The molecule has 0 saturated carbocycles. The molecule has 0 aromatic heterocycles. The van der Waals surface area contributed by atoms with Crippen molar-refractivity contribution in [2.24, 2.45) is 0 Å². The molecule has 0 saturated heterocycles. The zero-order valence-corrected chi connectivity index (χ0v) is 15.0. The van der Waals surface area contributed by atoms with E-state index in [1.165, 1.54) is 6.20 Å². The molecule has 5 nitrogen and oxygen atoms in total. The van der Waals surface area contributed by atoms with Gasteiger partial charge in [-0.1, -0.05) is 48.0 Å². The van der Waals surface area contributed by atoms with Gasteiger partial charge in [-0.15, -0.1) is 0 Å². The first-order chi connectivity index (χ1) is 13.1. The summed E-state index contributed by atoms with van der Waals surface area (Å²) in [6.07, 6.45) is 1.37. The van der Waals surface area contributed by atoms with Crippen LogP contribution in [0.25, 0.3) is 10.8 Å². The Kier molecular flexibility index (Phi) is 5.60. The van der Waals surface area contributed by atoms with Gasteiger partial charge in [-0.3, -0.25) is 4.79 Å². The molecule has 3 aromatic carbocycles.